The molecule has 1 aromatic carbocycles. The Morgan fingerprint density at radius 2 is 1.72 bits per heavy atom. The molecule has 0 aliphatic rings. The lowest BCUT2D eigenvalue weighted by Gasteiger charge is -2.15. The zero-order valence-corrected chi connectivity index (χ0v) is 19.8. The number of nitrogens with one attached hydrogen (secondary N) is 1. The van der Waals surface area contributed by atoms with Gasteiger partial charge in [0, 0.05) is 18.8 Å². The van der Waals surface area contributed by atoms with Crippen LogP contribution in [-0.2, 0) is 13.6 Å². The molecule has 0 fully saturated rings. The van der Waals surface area contributed by atoms with Crippen molar-refractivity contribution in [2.24, 2.45) is 7.05 Å². The van der Waals surface area contributed by atoms with Crippen LogP contribution < -0.4 is 25.5 Å². The highest BCUT2D eigenvalue weighted by molar-refractivity contribution is 5.77. The number of aliphatic hydroxyl groups excluding tert-OH is 1. The van der Waals surface area contributed by atoms with E-state index in [0.717, 1.165) is 12.1 Å². The Hall–Kier alpha value is -4.54. The van der Waals surface area contributed by atoms with Crippen LogP contribution in [0.3, 0.4) is 0 Å². The molecule has 0 spiro atoms. The molecule has 0 aliphatic carbocycles. The predicted octanol–water partition coefficient (Wildman–Crippen LogP) is 3.11. The van der Waals surface area contributed by atoms with Gasteiger partial charge in [0.1, 0.15) is 17.3 Å². The lowest BCUT2D eigenvalue weighted by Crippen LogP contribution is -2.39. The third-order valence-corrected chi connectivity index (χ3v) is 5.31. The third kappa shape index (κ3) is 5.82. The van der Waals surface area contributed by atoms with Crippen LogP contribution in [0, 0.1) is 0 Å². The Morgan fingerprint density at radius 1 is 1.08 bits per heavy atom. The van der Waals surface area contributed by atoms with E-state index < -0.39 is 47.8 Å². The van der Waals surface area contributed by atoms with Gasteiger partial charge in [-0.05, 0) is 30.3 Å². The highest BCUT2D eigenvalue weighted by Gasteiger charge is 2.39. The summed E-state index contributed by atoms with van der Waals surface area (Å²) in [5, 5.41) is 9.46. The van der Waals surface area contributed by atoms with Crippen molar-refractivity contribution in [1.29, 1.82) is 0 Å². The summed E-state index contributed by atoms with van der Waals surface area (Å²) >= 11 is 0. The highest BCUT2D eigenvalue weighted by atomic mass is 19.4. The maximum absolute atomic E-state index is 12.9. The first-order chi connectivity index (χ1) is 18.2. The summed E-state index contributed by atoms with van der Waals surface area (Å²) in [7, 11) is 2.64. The molecule has 0 amide bonds. The second-order valence-corrected chi connectivity index (χ2v) is 7.95. The Kier molecular flexibility index (Phi) is 7.03. The predicted molar refractivity (Wildman–Crippen MR) is 121 cm³/mol. The van der Waals surface area contributed by atoms with Crippen LogP contribution >= 0.6 is 0 Å². The summed E-state index contributed by atoms with van der Waals surface area (Å²) in [6, 6.07) is 5.81. The van der Waals surface area contributed by atoms with Gasteiger partial charge in [-0.1, -0.05) is 0 Å². The smallest absolute Gasteiger partial charge is 0.491 e. The number of methoxy groups -OCH3 is 1. The number of hydrogen-bond acceptors (Lipinski definition) is 8. The van der Waals surface area contributed by atoms with Gasteiger partial charge in [0.2, 0.25) is 0 Å². The first kappa shape index (κ1) is 27.5. The van der Waals surface area contributed by atoms with Gasteiger partial charge in [-0.25, -0.2) is 14.8 Å². The largest absolute Gasteiger partial charge is 0.573 e. The normalized spacial score (nSPS) is 12.9. The number of imidazole rings is 1. The highest BCUT2D eigenvalue weighted by Crippen LogP contribution is 2.34. The first-order valence-electron chi connectivity index (χ1n) is 10.7. The number of rotatable bonds is 7. The van der Waals surface area contributed by atoms with E-state index in [1.165, 1.54) is 43.1 Å². The molecule has 39 heavy (non-hydrogen) atoms. The number of hydrogen-bond donors (Lipinski definition) is 2. The molecule has 0 radical (unpaired) electrons. The van der Waals surface area contributed by atoms with Gasteiger partial charge in [-0.3, -0.25) is 14.3 Å². The minimum Gasteiger partial charge on any atom is -0.491 e. The van der Waals surface area contributed by atoms with E-state index in [2.05, 4.69) is 14.7 Å². The van der Waals surface area contributed by atoms with E-state index in [1.807, 2.05) is 4.98 Å². The van der Waals surface area contributed by atoms with E-state index in [1.54, 1.807) is 0 Å². The number of ether oxygens (including phenoxy) is 3. The summed E-state index contributed by atoms with van der Waals surface area (Å²) in [5.74, 6) is -0.461. The monoisotopic (exact) mass is 561 g/mol. The Bertz CT molecular complexity index is 1620. The fourth-order valence-electron chi connectivity index (χ4n) is 3.55. The second kappa shape index (κ2) is 9.97. The number of aliphatic hydroxyl groups is 1. The zero-order valence-electron chi connectivity index (χ0n) is 19.8. The number of benzene rings is 1. The lowest BCUT2D eigenvalue weighted by molar-refractivity contribution is -0.274. The van der Waals surface area contributed by atoms with Crippen molar-refractivity contribution in [1.82, 2.24) is 24.1 Å². The van der Waals surface area contributed by atoms with Crippen molar-refractivity contribution < 1.29 is 45.7 Å². The van der Waals surface area contributed by atoms with Gasteiger partial charge in [0.05, 0.1) is 13.7 Å². The summed E-state index contributed by atoms with van der Waals surface area (Å²) in [6.45, 7) is -1.22. The van der Waals surface area contributed by atoms with E-state index in [-0.39, 0.29) is 34.3 Å². The summed E-state index contributed by atoms with van der Waals surface area (Å²) in [5.41, 5.74) is -2.59. The van der Waals surface area contributed by atoms with Crippen LogP contribution in [0.15, 0.2) is 46.1 Å². The number of H-pyrrole nitrogens is 1. The number of aromatic nitrogens is 5. The molecule has 208 valence electrons. The maximum Gasteiger partial charge on any atom is 0.573 e. The number of aromatic amines is 1. The molecule has 17 heteroatoms. The fraction of sp³-hybridized carbons (Fsp3) is 0.273. The molecule has 0 bridgehead atoms. The number of halogens is 6. The average Bonchev–Trinajstić information content (AvgIpc) is 3.19. The topological polar surface area (TPSA) is 133 Å². The molecule has 1 atom stereocenters. The SMILES string of the molecule is COc1cc(-c2nc3c(c(=O)[nH]c(=O)n3CC(O)C(F)(F)F)n2C)cnc1Oc1ccc(OC(F)(F)F)cc1. The van der Waals surface area contributed by atoms with Gasteiger partial charge in [-0.2, -0.15) is 13.2 Å². The van der Waals surface area contributed by atoms with E-state index >= 15 is 0 Å². The third-order valence-electron chi connectivity index (χ3n) is 5.31. The molecule has 4 aromatic rings. The Labute approximate surface area is 212 Å². The van der Waals surface area contributed by atoms with Crippen molar-refractivity contribution in [2.45, 2.75) is 25.2 Å². The van der Waals surface area contributed by atoms with Crippen molar-refractivity contribution in [3.05, 3.63) is 57.4 Å². The standard InChI is InChI=1S/C22H17F6N5O6/c1-32-15-17(33(20(36)31-18(15)35)9-14(34)21(23,24)25)30-16(32)10-7-13(37-2)19(29-8-10)38-11-3-5-12(6-4-11)39-22(26,27)28/h3-8,14,34H,9H2,1-2H3,(H,31,35,36). The van der Waals surface area contributed by atoms with E-state index in [0.29, 0.717) is 4.57 Å². The van der Waals surface area contributed by atoms with Crippen LogP contribution in [0.1, 0.15) is 0 Å². The van der Waals surface area contributed by atoms with Gasteiger partial charge in [0.25, 0.3) is 11.4 Å². The first-order valence-corrected chi connectivity index (χ1v) is 10.7. The van der Waals surface area contributed by atoms with E-state index in [4.69, 9.17) is 9.47 Å². The summed E-state index contributed by atoms with van der Waals surface area (Å²) < 4.78 is 92.1. The molecular weight excluding hydrogens is 544 g/mol. The summed E-state index contributed by atoms with van der Waals surface area (Å²) in [6.07, 6.45) is -11.6. The number of pyridine rings is 1. The van der Waals surface area contributed by atoms with Crippen LogP contribution in [0.5, 0.6) is 23.1 Å². The Morgan fingerprint density at radius 3 is 2.31 bits per heavy atom. The van der Waals surface area contributed by atoms with Crippen molar-refractivity contribution in [3.63, 3.8) is 0 Å². The fourth-order valence-corrected chi connectivity index (χ4v) is 3.55. The van der Waals surface area contributed by atoms with Crippen molar-refractivity contribution in [3.8, 4) is 34.5 Å². The van der Waals surface area contributed by atoms with E-state index in [9.17, 15) is 41.0 Å². The van der Waals surface area contributed by atoms with Gasteiger partial charge in [0.15, 0.2) is 23.0 Å². The van der Waals surface area contributed by atoms with Gasteiger partial charge < -0.3 is 23.9 Å². The van der Waals surface area contributed by atoms with Crippen LogP contribution in [0.25, 0.3) is 22.6 Å². The molecular formula is C22H17F6N5O6. The molecule has 3 heterocycles. The molecule has 4 rings (SSSR count). The second-order valence-electron chi connectivity index (χ2n) is 7.95. The molecule has 0 saturated carbocycles. The number of fused-ring (bicyclic) bond motifs is 1. The molecule has 1 unspecified atom stereocenters. The van der Waals surface area contributed by atoms with Gasteiger partial charge in [-0.15, -0.1) is 13.2 Å². The van der Waals surface area contributed by atoms with Crippen molar-refractivity contribution >= 4 is 11.2 Å². The molecule has 2 N–H and O–H groups in total. The average molecular weight is 561 g/mol. The number of aryl methyl sites for hydroxylation is 1. The number of nitrogens with zero attached hydrogens (tertiary/aromatic N) is 4. The minimum absolute atomic E-state index is 0.00218. The van der Waals surface area contributed by atoms with Crippen LogP contribution in [-0.4, -0.2) is 54.9 Å². The number of alkyl halides is 6. The summed E-state index contributed by atoms with van der Waals surface area (Å²) in [4.78, 5) is 34.8. The van der Waals surface area contributed by atoms with Crippen LogP contribution in [0.4, 0.5) is 26.3 Å². The quantitative estimate of drug-likeness (QED) is 0.329. The zero-order chi connectivity index (χ0) is 28.7. The molecule has 3 aromatic heterocycles. The van der Waals surface area contributed by atoms with Crippen LogP contribution in [0.2, 0.25) is 0 Å². The minimum atomic E-state index is -5.03. The Balaban J connectivity index is 1.70. The molecule has 0 saturated heterocycles. The molecule has 11 nitrogen and oxygen atoms in total. The maximum atomic E-state index is 12.9. The lowest BCUT2D eigenvalue weighted by atomic mass is 10.2. The van der Waals surface area contributed by atoms with Gasteiger partial charge >= 0.3 is 18.2 Å². The molecule has 0 aliphatic heterocycles. The van der Waals surface area contributed by atoms with Crippen molar-refractivity contribution in [2.75, 3.05) is 7.11 Å².